The summed E-state index contributed by atoms with van der Waals surface area (Å²) in [6, 6.07) is 26.4. The van der Waals surface area contributed by atoms with E-state index in [1.165, 1.54) is 4.31 Å². The fourth-order valence-corrected chi connectivity index (χ4v) is 5.35. The first-order valence-corrected chi connectivity index (χ1v) is 12.2. The molecule has 1 aromatic heterocycles. The van der Waals surface area contributed by atoms with Crippen LogP contribution in [-0.4, -0.2) is 28.8 Å². The normalized spacial score (nSPS) is 13.6. The number of amides is 1. The number of H-pyrrole nitrogens is 1. The molecule has 0 saturated carbocycles. The fraction of sp³-hybridized carbons (Fsp3) is 0.120. The van der Waals surface area contributed by atoms with Crippen LogP contribution in [0.25, 0.3) is 11.1 Å². The van der Waals surface area contributed by atoms with Gasteiger partial charge in [-0.05, 0) is 28.8 Å². The molecule has 0 atom stereocenters. The zero-order valence-corrected chi connectivity index (χ0v) is 18.5. The minimum Gasteiger partial charge on any atom is -0.307 e. The highest BCUT2D eigenvalue weighted by molar-refractivity contribution is 7.88. The molecule has 1 aliphatic heterocycles. The Morgan fingerprint density at radius 3 is 2.21 bits per heavy atom. The Kier molecular flexibility index (Phi) is 5.53. The number of hydrogen-bond donors (Lipinski definition) is 2. The highest BCUT2D eigenvalue weighted by Gasteiger charge is 2.33. The summed E-state index contributed by atoms with van der Waals surface area (Å²) in [5.74, 6) is 0.0725. The molecule has 1 aliphatic rings. The average molecular weight is 459 g/mol. The summed E-state index contributed by atoms with van der Waals surface area (Å²) in [6.07, 6.45) is 0. The van der Waals surface area contributed by atoms with Gasteiger partial charge in [0.1, 0.15) is 5.82 Å². The van der Waals surface area contributed by atoms with Crippen molar-refractivity contribution in [1.29, 1.82) is 0 Å². The summed E-state index contributed by atoms with van der Waals surface area (Å²) in [4.78, 5) is 12.8. The van der Waals surface area contributed by atoms with Gasteiger partial charge >= 0.3 is 0 Å². The minimum atomic E-state index is -3.51. The molecule has 8 heteroatoms. The van der Waals surface area contributed by atoms with Gasteiger partial charge in [-0.25, -0.2) is 8.42 Å². The molecule has 2 N–H and O–H groups in total. The van der Waals surface area contributed by atoms with Gasteiger partial charge in [-0.2, -0.15) is 9.40 Å². The fourth-order valence-electron chi connectivity index (χ4n) is 3.91. The largest absolute Gasteiger partial charge is 0.307 e. The molecule has 33 heavy (non-hydrogen) atoms. The van der Waals surface area contributed by atoms with E-state index in [2.05, 4.69) is 15.5 Å². The Hall–Kier alpha value is -3.75. The maximum atomic E-state index is 12.9. The van der Waals surface area contributed by atoms with E-state index in [9.17, 15) is 13.2 Å². The van der Waals surface area contributed by atoms with Crippen LogP contribution in [0.3, 0.4) is 0 Å². The van der Waals surface area contributed by atoms with E-state index in [1.807, 2.05) is 60.7 Å². The average Bonchev–Trinajstić information content (AvgIpc) is 3.43. The molecule has 1 amide bonds. The standard InChI is InChI=1S/C25H22N4O3S/c30-25(21-13-11-20(12-14-21)19-9-5-2-6-10-19)26-24-22-15-29(16-23(22)27-28-24)33(31,32)17-18-7-3-1-4-8-18/h1-14H,15-17H2,(H2,26,27,28,30). The van der Waals surface area contributed by atoms with Crippen molar-refractivity contribution in [2.24, 2.45) is 0 Å². The second-order valence-electron chi connectivity index (χ2n) is 7.93. The topological polar surface area (TPSA) is 95.2 Å². The van der Waals surface area contributed by atoms with Crippen LogP contribution in [0.4, 0.5) is 5.82 Å². The van der Waals surface area contributed by atoms with E-state index >= 15 is 0 Å². The van der Waals surface area contributed by atoms with Crippen molar-refractivity contribution < 1.29 is 13.2 Å². The predicted octanol–water partition coefficient (Wildman–Crippen LogP) is 4.17. The number of aromatic nitrogens is 2. The summed E-state index contributed by atoms with van der Waals surface area (Å²) in [6.45, 7) is 0.353. The first-order valence-electron chi connectivity index (χ1n) is 10.5. The third-order valence-electron chi connectivity index (χ3n) is 5.69. The Labute approximate surface area is 192 Å². The highest BCUT2D eigenvalue weighted by atomic mass is 32.2. The van der Waals surface area contributed by atoms with Crippen LogP contribution < -0.4 is 5.32 Å². The van der Waals surface area contributed by atoms with Gasteiger partial charge in [-0.3, -0.25) is 9.89 Å². The number of hydrogen-bond acceptors (Lipinski definition) is 4. The highest BCUT2D eigenvalue weighted by Crippen LogP contribution is 2.30. The molecule has 0 unspecified atom stereocenters. The van der Waals surface area contributed by atoms with Gasteiger partial charge in [-0.1, -0.05) is 72.8 Å². The van der Waals surface area contributed by atoms with Crippen LogP contribution in [-0.2, 0) is 28.9 Å². The smallest absolute Gasteiger partial charge is 0.256 e. The summed E-state index contributed by atoms with van der Waals surface area (Å²) in [5, 5.41) is 9.90. The van der Waals surface area contributed by atoms with Crippen molar-refractivity contribution in [3.05, 3.63) is 107 Å². The van der Waals surface area contributed by atoms with E-state index in [-0.39, 0.29) is 24.7 Å². The number of rotatable bonds is 6. The van der Waals surface area contributed by atoms with Crippen LogP contribution in [0.2, 0.25) is 0 Å². The van der Waals surface area contributed by atoms with Crippen LogP contribution in [0.5, 0.6) is 0 Å². The van der Waals surface area contributed by atoms with Gasteiger partial charge in [0, 0.05) is 17.7 Å². The van der Waals surface area contributed by atoms with E-state index in [1.54, 1.807) is 24.3 Å². The van der Waals surface area contributed by atoms with Crippen molar-refractivity contribution >= 4 is 21.7 Å². The third-order valence-corrected chi connectivity index (χ3v) is 7.43. The molecule has 5 rings (SSSR count). The SMILES string of the molecule is O=C(Nc1[nH]nc2c1CN(S(=O)(=O)Cc1ccccc1)C2)c1ccc(-c2ccccc2)cc1. The molecule has 0 fully saturated rings. The number of sulfonamides is 1. The molecule has 4 aromatic rings. The monoisotopic (exact) mass is 458 g/mol. The lowest BCUT2D eigenvalue weighted by Crippen LogP contribution is -2.27. The number of nitrogens with zero attached hydrogens (tertiary/aromatic N) is 2. The number of aromatic amines is 1. The number of carbonyl (C=O) groups is 1. The molecule has 166 valence electrons. The Balaban J connectivity index is 1.28. The number of benzene rings is 3. The van der Waals surface area contributed by atoms with Crippen LogP contribution in [0.1, 0.15) is 27.2 Å². The molecule has 0 radical (unpaired) electrons. The van der Waals surface area contributed by atoms with Crippen molar-refractivity contribution in [2.45, 2.75) is 18.8 Å². The third kappa shape index (κ3) is 4.44. The predicted molar refractivity (Wildman–Crippen MR) is 127 cm³/mol. The molecular formula is C25H22N4O3S. The van der Waals surface area contributed by atoms with E-state index in [0.29, 0.717) is 22.6 Å². The molecular weight excluding hydrogens is 436 g/mol. The number of carbonyl (C=O) groups excluding carboxylic acids is 1. The van der Waals surface area contributed by atoms with E-state index < -0.39 is 10.0 Å². The van der Waals surface area contributed by atoms with Crippen molar-refractivity contribution in [3.8, 4) is 11.1 Å². The van der Waals surface area contributed by atoms with Crippen LogP contribution in [0, 0.1) is 0 Å². The Morgan fingerprint density at radius 1 is 0.879 bits per heavy atom. The van der Waals surface area contributed by atoms with Crippen molar-refractivity contribution in [2.75, 3.05) is 5.32 Å². The second-order valence-corrected chi connectivity index (χ2v) is 9.90. The zero-order valence-electron chi connectivity index (χ0n) is 17.7. The lowest BCUT2D eigenvalue weighted by molar-refractivity contribution is 0.102. The zero-order chi connectivity index (χ0) is 22.8. The first kappa shape index (κ1) is 21.1. The van der Waals surface area contributed by atoms with Crippen LogP contribution >= 0.6 is 0 Å². The number of nitrogens with one attached hydrogen (secondary N) is 2. The van der Waals surface area contributed by atoms with Crippen molar-refractivity contribution in [3.63, 3.8) is 0 Å². The van der Waals surface area contributed by atoms with E-state index in [4.69, 9.17) is 0 Å². The van der Waals surface area contributed by atoms with Gasteiger partial charge in [-0.15, -0.1) is 0 Å². The maximum absolute atomic E-state index is 12.9. The molecule has 0 saturated heterocycles. The maximum Gasteiger partial charge on any atom is 0.256 e. The van der Waals surface area contributed by atoms with Gasteiger partial charge < -0.3 is 5.32 Å². The molecule has 7 nitrogen and oxygen atoms in total. The Bertz CT molecular complexity index is 1380. The molecule has 3 aromatic carbocycles. The Morgan fingerprint density at radius 2 is 1.52 bits per heavy atom. The summed E-state index contributed by atoms with van der Waals surface area (Å²) in [5.41, 5.74) is 4.66. The summed E-state index contributed by atoms with van der Waals surface area (Å²) in [7, 11) is -3.51. The number of anilines is 1. The lowest BCUT2D eigenvalue weighted by Gasteiger charge is -2.16. The van der Waals surface area contributed by atoms with E-state index in [0.717, 1.165) is 16.7 Å². The quantitative estimate of drug-likeness (QED) is 0.453. The van der Waals surface area contributed by atoms with Crippen molar-refractivity contribution in [1.82, 2.24) is 14.5 Å². The van der Waals surface area contributed by atoms with Gasteiger partial charge in [0.25, 0.3) is 5.91 Å². The molecule has 0 bridgehead atoms. The molecule has 2 heterocycles. The molecule has 0 spiro atoms. The lowest BCUT2D eigenvalue weighted by atomic mass is 10.0. The van der Waals surface area contributed by atoms with Gasteiger partial charge in [0.05, 0.1) is 18.0 Å². The van der Waals surface area contributed by atoms with Gasteiger partial charge in [0.15, 0.2) is 0 Å². The number of fused-ring (bicyclic) bond motifs is 1. The first-order chi connectivity index (χ1) is 16.0. The minimum absolute atomic E-state index is 0.0721. The van der Waals surface area contributed by atoms with Crippen LogP contribution in [0.15, 0.2) is 84.9 Å². The summed E-state index contributed by atoms with van der Waals surface area (Å²) < 4.78 is 27.1. The second kappa shape index (κ2) is 8.65. The van der Waals surface area contributed by atoms with Gasteiger partial charge in [0.2, 0.25) is 10.0 Å². The molecule has 0 aliphatic carbocycles. The summed E-state index contributed by atoms with van der Waals surface area (Å²) >= 11 is 0.